The van der Waals surface area contributed by atoms with Crippen LogP contribution in [0.5, 0.6) is 0 Å². The quantitative estimate of drug-likeness (QED) is 0.806. The molecule has 4 heteroatoms. The number of rotatable bonds is 5. The number of nitrogens with two attached hydrogens (primary N) is 1. The van der Waals surface area contributed by atoms with E-state index in [0.29, 0.717) is 23.7 Å². The van der Waals surface area contributed by atoms with Gasteiger partial charge in [0.15, 0.2) is 0 Å². The highest BCUT2D eigenvalue weighted by molar-refractivity contribution is 5.93. The van der Waals surface area contributed by atoms with Crippen LogP contribution in [0.3, 0.4) is 0 Å². The van der Waals surface area contributed by atoms with Gasteiger partial charge in [0, 0.05) is 12.1 Å². The van der Waals surface area contributed by atoms with Crippen LogP contribution in [0.1, 0.15) is 30.6 Å². The Morgan fingerprint density at radius 3 is 2.75 bits per heavy atom. The summed E-state index contributed by atoms with van der Waals surface area (Å²) < 4.78 is 13.3. The lowest BCUT2D eigenvalue weighted by Gasteiger charge is -2.10. The van der Waals surface area contributed by atoms with E-state index < -0.39 is 5.91 Å². The number of carbonyl (C=O) groups is 1. The second-order valence-electron chi connectivity index (χ2n) is 4.17. The number of halogens is 1. The molecule has 0 aliphatic carbocycles. The van der Waals surface area contributed by atoms with Gasteiger partial charge in [-0.2, -0.15) is 0 Å². The Morgan fingerprint density at radius 2 is 2.19 bits per heavy atom. The van der Waals surface area contributed by atoms with Crippen molar-refractivity contribution in [1.29, 1.82) is 0 Å². The molecule has 0 saturated heterocycles. The zero-order valence-electron chi connectivity index (χ0n) is 9.59. The van der Waals surface area contributed by atoms with Gasteiger partial charge < -0.3 is 11.1 Å². The molecule has 0 unspecified atom stereocenters. The molecule has 0 saturated carbocycles. The first-order valence-electron chi connectivity index (χ1n) is 5.34. The van der Waals surface area contributed by atoms with E-state index in [2.05, 4.69) is 19.2 Å². The number of hydrogen-bond acceptors (Lipinski definition) is 2. The van der Waals surface area contributed by atoms with Crippen LogP contribution in [-0.2, 0) is 0 Å². The van der Waals surface area contributed by atoms with Gasteiger partial charge in [0.05, 0.1) is 5.69 Å². The summed E-state index contributed by atoms with van der Waals surface area (Å²) in [6.07, 6.45) is 0.945. The number of anilines is 1. The van der Waals surface area contributed by atoms with Crippen molar-refractivity contribution < 1.29 is 9.18 Å². The van der Waals surface area contributed by atoms with E-state index in [-0.39, 0.29) is 5.82 Å². The predicted molar refractivity (Wildman–Crippen MR) is 62.9 cm³/mol. The molecule has 1 rings (SSSR count). The lowest BCUT2D eigenvalue weighted by molar-refractivity contribution is 0.100. The van der Waals surface area contributed by atoms with Crippen LogP contribution in [0.4, 0.5) is 10.1 Å². The summed E-state index contributed by atoms with van der Waals surface area (Å²) in [5.41, 5.74) is 5.76. The first-order valence-corrected chi connectivity index (χ1v) is 5.34. The Labute approximate surface area is 94.8 Å². The van der Waals surface area contributed by atoms with Crippen LogP contribution >= 0.6 is 0 Å². The van der Waals surface area contributed by atoms with E-state index in [1.807, 2.05) is 0 Å². The van der Waals surface area contributed by atoms with Crippen LogP contribution in [0.2, 0.25) is 0 Å². The van der Waals surface area contributed by atoms with E-state index in [4.69, 9.17) is 5.73 Å². The SMILES string of the molecule is CC(C)CCNc1cc(C(N)=O)ccc1F. The molecule has 0 aromatic heterocycles. The fraction of sp³-hybridized carbons (Fsp3) is 0.417. The van der Waals surface area contributed by atoms with Crippen LogP contribution in [0.15, 0.2) is 18.2 Å². The maximum Gasteiger partial charge on any atom is 0.248 e. The van der Waals surface area contributed by atoms with Gasteiger partial charge in [-0.05, 0) is 30.5 Å². The van der Waals surface area contributed by atoms with Gasteiger partial charge in [-0.25, -0.2) is 4.39 Å². The first kappa shape index (κ1) is 12.5. The van der Waals surface area contributed by atoms with Crippen molar-refractivity contribution >= 4 is 11.6 Å². The summed E-state index contributed by atoms with van der Waals surface area (Å²) in [5, 5.41) is 2.96. The van der Waals surface area contributed by atoms with Crippen LogP contribution < -0.4 is 11.1 Å². The van der Waals surface area contributed by atoms with Crippen molar-refractivity contribution in [3.05, 3.63) is 29.6 Å². The minimum atomic E-state index is -0.549. The normalized spacial score (nSPS) is 10.5. The van der Waals surface area contributed by atoms with Crippen LogP contribution in [0.25, 0.3) is 0 Å². The Balaban J connectivity index is 2.70. The molecule has 16 heavy (non-hydrogen) atoms. The van der Waals surface area contributed by atoms with Gasteiger partial charge in [0.25, 0.3) is 0 Å². The minimum Gasteiger partial charge on any atom is -0.383 e. The van der Waals surface area contributed by atoms with E-state index >= 15 is 0 Å². The molecule has 0 fully saturated rings. The number of carbonyl (C=O) groups excluding carboxylic acids is 1. The second-order valence-corrected chi connectivity index (χ2v) is 4.17. The Hall–Kier alpha value is -1.58. The second kappa shape index (κ2) is 5.49. The lowest BCUT2D eigenvalue weighted by Crippen LogP contribution is -2.12. The molecule has 1 aromatic carbocycles. The third-order valence-electron chi connectivity index (χ3n) is 2.29. The van der Waals surface area contributed by atoms with E-state index in [0.717, 1.165) is 6.42 Å². The lowest BCUT2D eigenvalue weighted by atomic mass is 10.1. The van der Waals surface area contributed by atoms with E-state index in [1.54, 1.807) is 0 Å². The zero-order chi connectivity index (χ0) is 12.1. The van der Waals surface area contributed by atoms with Gasteiger partial charge in [0.2, 0.25) is 5.91 Å². The van der Waals surface area contributed by atoms with E-state index in [1.165, 1.54) is 18.2 Å². The highest BCUT2D eigenvalue weighted by Gasteiger charge is 2.06. The van der Waals surface area contributed by atoms with Crippen LogP contribution in [-0.4, -0.2) is 12.5 Å². The van der Waals surface area contributed by atoms with E-state index in [9.17, 15) is 9.18 Å². The Kier molecular flexibility index (Phi) is 4.28. The molecule has 3 N–H and O–H groups in total. The average molecular weight is 224 g/mol. The van der Waals surface area contributed by atoms with Crippen molar-refractivity contribution in [3.63, 3.8) is 0 Å². The summed E-state index contributed by atoms with van der Waals surface area (Å²) in [4.78, 5) is 10.9. The maximum atomic E-state index is 13.3. The van der Waals surface area contributed by atoms with Crippen LogP contribution in [0, 0.1) is 11.7 Å². The maximum absolute atomic E-state index is 13.3. The molecule has 0 heterocycles. The summed E-state index contributed by atoms with van der Waals surface area (Å²) in [6.45, 7) is 4.87. The molecule has 0 bridgehead atoms. The molecule has 1 aromatic rings. The molecule has 0 aliphatic heterocycles. The highest BCUT2D eigenvalue weighted by atomic mass is 19.1. The monoisotopic (exact) mass is 224 g/mol. The highest BCUT2D eigenvalue weighted by Crippen LogP contribution is 2.16. The smallest absolute Gasteiger partial charge is 0.248 e. The molecule has 0 atom stereocenters. The minimum absolute atomic E-state index is 0.313. The number of amides is 1. The third-order valence-corrected chi connectivity index (χ3v) is 2.29. The average Bonchev–Trinajstić information content (AvgIpc) is 2.20. The fourth-order valence-corrected chi connectivity index (χ4v) is 1.31. The third kappa shape index (κ3) is 3.53. The molecule has 0 spiro atoms. The van der Waals surface area contributed by atoms with Gasteiger partial charge in [-0.1, -0.05) is 13.8 Å². The van der Waals surface area contributed by atoms with Crippen molar-refractivity contribution in [3.8, 4) is 0 Å². The Bertz CT molecular complexity index is 377. The number of nitrogens with one attached hydrogen (secondary N) is 1. The van der Waals surface area contributed by atoms with Gasteiger partial charge in [0.1, 0.15) is 5.82 Å². The van der Waals surface area contributed by atoms with Crippen molar-refractivity contribution in [2.24, 2.45) is 11.7 Å². The number of hydrogen-bond donors (Lipinski definition) is 2. The van der Waals surface area contributed by atoms with Crippen molar-refractivity contribution in [2.75, 3.05) is 11.9 Å². The summed E-state index contributed by atoms with van der Waals surface area (Å²) >= 11 is 0. The molecule has 3 nitrogen and oxygen atoms in total. The Morgan fingerprint density at radius 1 is 1.50 bits per heavy atom. The van der Waals surface area contributed by atoms with Gasteiger partial charge in [-0.15, -0.1) is 0 Å². The number of primary amides is 1. The molecule has 0 radical (unpaired) electrons. The zero-order valence-corrected chi connectivity index (χ0v) is 9.59. The molecule has 88 valence electrons. The van der Waals surface area contributed by atoms with Gasteiger partial charge in [-0.3, -0.25) is 4.79 Å². The van der Waals surface area contributed by atoms with Crippen molar-refractivity contribution in [1.82, 2.24) is 0 Å². The van der Waals surface area contributed by atoms with Crippen molar-refractivity contribution in [2.45, 2.75) is 20.3 Å². The number of benzene rings is 1. The summed E-state index contributed by atoms with van der Waals surface area (Å²) in [5.74, 6) is -0.365. The fourth-order valence-electron chi connectivity index (χ4n) is 1.31. The molecular formula is C12H17FN2O. The molecule has 1 amide bonds. The molecule has 0 aliphatic rings. The molecular weight excluding hydrogens is 207 g/mol. The standard InChI is InChI=1S/C12H17FN2O/c1-8(2)5-6-15-11-7-9(12(14)16)3-4-10(11)13/h3-4,7-8,15H,5-6H2,1-2H3,(H2,14,16). The summed E-state index contributed by atoms with van der Waals surface area (Å²) in [6, 6.07) is 4.07. The topological polar surface area (TPSA) is 55.1 Å². The van der Waals surface area contributed by atoms with Gasteiger partial charge >= 0.3 is 0 Å². The summed E-state index contributed by atoms with van der Waals surface area (Å²) in [7, 11) is 0. The first-order chi connectivity index (χ1) is 7.50. The predicted octanol–water partition coefficient (Wildman–Crippen LogP) is 2.38. The largest absolute Gasteiger partial charge is 0.383 e.